The van der Waals surface area contributed by atoms with Gasteiger partial charge in [0, 0.05) is 38.2 Å². The largest absolute Gasteiger partial charge is 0.373 e. The number of aryl methyl sites for hydroxylation is 1. The van der Waals surface area contributed by atoms with Gasteiger partial charge in [-0.05, 0) is 25.1 Å². The summed E-state index contributed by atoms with van der Waals surface area (Å²) in [5.41, 5.74) is 2.49. The predicted octanol–water partition coefficient (Wildman–Crippen LogP) is 1.44. The Kier molecular flexibility index (Phi) is 4.40. The third-order valence-electron chi connectivity index (χ3n) is 2.28. The van der Waals surface area contributed by atoms with E-state index in [0.29, 0.717) is 0 Å². The highest BCUT2D eigenvalue weighted by atomic mass is 15.1. The SMILES string of the molecule is CCNCCN(C)c1ccncc1C. The summed E-state index contributed by atoms with van der Waals surface area (Å²) in [4.78, 5) is 6.33. The highest BCUT2D eigenvalue weighted by Gasteiger charge is 2.02. The maximum absolute atomic E-state index is 4.08. The first-order chi connectivity index (χ1) is 6.75. The Labute approximate surface area is 86.2 Å². The second kappa shape index (κ2) is 5.60. The molecule has 3 nitrogen and oxygen atoms in total. The summed E-state index contributed by atoms with van der Waals surface area (Å²) in [7, 11) is 2.11. The fourth-order valence-corrected chi connectivity index (χ4v) is 1.44. The number of likely N-dealkylation sites (N-methyl/N-ethyl adjacent to an activating group) is 2. The summed E-state index contributed by atoms with van der Waals surface area (Å²) >= 11 is 0. The zero-order valence-electron chi connectivity index (χ0n) is 9.25. The Morgan fingerprint density at radius 1 is 1.50 bits per heavy atom. The fourth-order valence-electron chi connectivity index (χ4n) is 1.44. The molecule has 14 heavy (non-hydrogen) atoms. The Morgan fingerprint density at radius 3 is 2.93 bits per heavy atom. The van der Waals surface area contributed by atoms with Gasteiger partial charge in [0.15, 0.2) is 0 Å². The smallest absolute Gasteiger partial charge is 0.0424 e. The predicted molar refractivity (Wildman–Crippen MR) is 60.8 cm³/mol. The maximum atomic E-state index is 4.08. The number of pyridine rings is 1. The molecule has 0 aliphatic rings. The van der Waals surface area contributed by atoms with Crippen molar-refractivity contribution in [1.29, 1.82) is 0 Å². The number of nitrogens with zero attached hydrogens (tertiary/aromatic N) is 2. The first-order valence-electron chi connectivity index (χ1n) is 5.08. The molecule has 0 amide bonds. The van der Waals surface area contributed by atoms with Gasteiger partial charge in [-0.1, -0.05) is 6.92 Å². The van der Waals surface area contributed by atoms with E-state index in [1.165, 1.54) is 11.3 Å². The lowest BCUT2D eigenvalue weighted by Gasteiger charge is -2.20. The van der Waals surface area contributed by atoms with Crippen LogP contribution < -0.4 is 10.2 Å². The van der Waals surface area contributed by atoms with E-state index in [-0.39, 0.29) is 0 Å². The van der Waals surface area contributed by atoms with Crippen LogP contribution in [0.2, 0.25) is 0 Å². The highest BCUT2D eigenvalue weighted by molar-refractivity contribution is 5.50. The van der Waals surface area contributed by atoms with Gasteiger partial charge < -0.3 is 10.2 Å². The third-order valence-corrected chi connectivity index (χ3v) is 2.28. The summed E-state index contributed by atoms with van der Waals surface area (Å²) in [5.74, 6) is 0. The van der Waals surface area contributed by atoms with Gasteiger partial charge in [0.25, 0.3) is 0 Å². The van der Waals surface area contributed by atoms with Gasteiger partial charge in [-0.2, -0.15) is 0 Å². The summed E-state index contributed by atoms with van der Waals surface area (Å²) < 4.78 is 0. The van der Waals surface area contributed by atoms with Crippen molar-refractivity contribution in [3.05, 3.63) is 24.0 Å². The van der Waals surface area contributed by atoms with Crippen molar-refractivity contribution in [1.82, 2.24) is 10.3 Å². The normalized spacial score (nSPS) is 10.2. The van der Waals surface area contributed by atoms with E-state index in [2.05, 4.69) is 42.2 Å². The number of hydrogen-bond donors (Lipinski definition) is 1. The Morgan fingerprint density at radius 2 is 2.29 bits per heavy atom. The van der Waals surface area contributed by atoms with Crippen molar-refractivity contribution < 1.29 is 0 Å². The first kappa shape index (κ1) is 11.0. The number of anilines is 1. The molecule has 0 saturated heterocycles. The molecule has 0 saturated carbocycles. The van der Waals surface area contributed by atoms with E-state index in [1.54, 1.807) is 0 Å². The third kappa shape index (κ3) is 3.00. The zero-order chi connectivity index (χ0) is 10.4. The lowest BCUT2D eigenvalue weighted by atomic mass is 10.2. The van der Waals surface area contributed by atoms with Crippen molar-refractivity contribution in [2.75, 3.05) is 31.6 Å². The molecule has 0 unspecified atom stereocenters. The summed E-state index contributed by atoms with van der Waals surface area (Å²) in [6.45, 7) is 7.29. The molecule has 1 aromatic rings. The summed E-state index contributed by atoms with van der Waals surface area (Å²) in [6, 6.07) is 2.06. The lowest BCUT2D eigenvalue weighted by molar-refractivity contribution is 0.705. The van der Waals surface area contributed by atoms with Crippen LogP contribution in [0.15, 0.2) is 18.5 Å². The number of nitrogens with one attached hydrogen (secondary N) is 1. The van der Waals surface area contributed by atoms with Gasteiger partial charge >= 0.3 is 0 Å². The topological polar surface area (TPSA) is 28.2 Å². The number of hydrogen-bond acceptors (Lipinski definition) is 3. The summed E-state index contributed by atoms with van der Waals surface area (Å²) in [5, 5.41) is 3.31. The van der Waals surface area contributed by atoms with Crippen molar-refractivity contribution in [3.8, 4) is 0 Å². The van der Waals surface area contributed by atoms with E-state index in [0.717, 1.165) is 19.6 Å². The van der Waals surface area contributed by atoms with E-state index in [1.807, 2.05) is 12.4 Å². The molecule has 3 heteroatoms. The van der Waals surface area contributed by atoms with Crippen LogP contribution >= 0.6 is 0 Å². The molecule has 0 aliphatic heterocycles. The number of rotatable bonds is 5. The molecule has 78 valence electrons. The average molecular weight is 193 g/mol. The molecule has 0 spiro atoms. The standard InChI is InChI=1S/C11H19N3/c1-4-12-7-8-14(3)11-5-6-13-9-10(11)2/h5-6,9,12H,4,7-8H2,1-3H3. The number of aromatic nitrogens is 1. The average Bonchev–Trinajstić information content (AvgIpc) is 2.18. The molecular formula is C11H19N3. The van der Waals surface area contributed by atoms with Gasteiger partial charge in [0.1, 0.15) is 0 Å². The highest BCUT2D eigenvalue weighted by Crippen LogP contribution is 2.15. The van der Waals surface area contributed by atoms with Crippen LogP contribution in [0.25, 0.3) is 0 Å². The summed E-state index contributed by atoms with van der Waals surface area (Å²) in [6.07, 6.45) is 3.74. The molecule has 0 atom stereocenters. The minimum absolute atomic E-state index is 1.02. The van der Waals surface area contributed by atoms with E-state index in [4.69, 9.17) is 0 Å². The molecule has 0 radical (unpaired) electrons. The minimum atomic E-state index is 1.02. The lowest BCUT2D eigenvalue weighted by Crippen LogP contribution is -2.29. The molecule has 0 bridgehead atoms. The van der Waals surface area contributed by atoms with Crippen LogP contribution in [0.5, 0.6) is 0 Å². The first-order valence-corrected chi connectivity index (χ1v) is 5.08. The molecule has 1 N–H and O–H groups in total. The molecule has 1 rings (SSSR count). The van der Waals surface area contributed by atoms with E-state index in [9.17, 15) is 0 Å². The van der Waals surface area contributed by atoms with Crippen molar-refractivity contribution in [2.45, 2.75) is 13.8 Å². The van der Waals surface area contributed by atoms with Gasteiger partial charge in [0.05, 0.1) is 0 Å². The van der Waals surface area contributed by atoms with Crippen LogP contribution in [0.4, 0.5) is 5.69 Å². The van der Waals surface area contributed by atoms with Crippen LogP contribution in [-0.4, -0.2) is 31.7 Å². The molecule has 1 heterocycles. The van der Waals surface area contributed by atoms with Crippen LogP contribution in [0.1, 0.15) is 12.5 Å². The second-order valence-corrected chi connectivity index (χ2v) is 3.44. The van der Waals surface area contributed by atoms with Gasteiger partial charge in [-0.25, -0.2) is 0 Å². The Hall–Kier alpha value is -1.09. The maximum Gasteiger partial charge on any atom is 0.0424 e. The van der Waals surface area contributed by atoms with E-state index < -0.39 is 0 Å². The van der Waals surface area contributed by atoms with Crippen LogP contribution in [0, 0.1) is 6.92 Å². The van der Waals surface area contributed by atoms with Crippen molar-refractivity contribution in [2.24, 2.45) is 0 Å². The van der Waals surface area contributed by atoms with Gasteiger partial charge in [0.2, 0.25) is 0 Å². The van der Waals surface area contributed by atoms with Gasteiger partial charge in [-0.3, -0.25) is 4.98 Å². The van der Waals surface area contributed by atoms with Crippen molar-refractivity contribution >= 4 is 5.69 Å². The quantitative estimate of drug-likeness (QED) is 0.717. The van der Waals surface area contributed by atoms with E-state index >= 15 is 0 Å². The van der Waals surface area contributed by atoms with Crippen LogP contribution in [0.3, 0.4) is 0 Å². The minimum Gasteiger partial charge on any atom is -0.373 e. The molecule has 1 aromatic heterocycles. The van der Waals surface area contributed by atoms with Gasteiger partial charge in [-0.15, -0.1) is 0 Å². The Bertz CT molecular complexity index is 273. The molecule has 0 aliphatic carbocycles. The zero-order valence-corrected chi connectivity index (χ0v) is 9.25. The monoisotopic (exact) mass is 193 g/mol. The van der Waals surface area contributed by atoms with Crippen LogP contribution in [-0.2, 0) is 0 Å². The Balaban J connectivity index is 2.51. The fraction of sp³-hybridized carbons (Fsp3) is 0.545. The van der Waals surface area contributed by atoms with Crippen molar-refractivity contribution in [3.63, 3.8) is 0 Å². The molecule has 0 fully saturated rings. The second-order valence-electron chi connectivity index (χ2n) is 3.44. The molecule has 0 aromatic carbocycles. The molecular weight excluding hydrogens is 174 g/mol.